The van der Waals surface area contributed by atoms with Gasteiger partial charge in [-0.05, 0) is 30.2 Å². The number of ether oxygens (including phenoxy) is 1. The number of anilines is 1. The van der Waals surface area contributed by atoms with Crippen LogP contribution in [0, 0.1) is 0 Å². The van der Waals surface area contributed by atoms with Gasteiger partial charge in [-0.25, -0.2) is 0 Å². The van der Waals surface area contributed by atoms with Gasteiger partial charge in [0.2, 0.25) is 5.91 Å². The molecule has 0 atom stereocenters. The van der Waals surface area contributed by atoms with Crippen LogP contribution in [0.3, 0.4) is 0 Å². The van der Waals surface area contributed by atoms with Gasteiger partial charge < -0.3 is 15.2 Å². The maximum Gasteiger partial charge on any atom is 0.306 e. The number of aliphatic carboxylic acids is 1. The van der Waals surface area contributed by atoms with Crippen LogP contribution in [0.15, 0.2) is 18.2 Å². The van der Waals surface area contributed by atoms with E-state index in [1.807, 2.05) is 6.07 Å². The Hall–Kier alpha value is -2.04. The molecule has 1 aliphatic rings. The molecule has 2 rings (SSSR count). The number of hydrogen-bond acceptors (Lipinski definition) is 3. The average molecular weight is 235 g/mol. The fourth-order valence-electron chi connectivity index (χ4n) is 1.71. The minimum Gasteiger partial charge on any atom is -0.493 e. The Morgan fingerprint density at radius 2 is 2.24 bits per heavy atom. The van der Waals surface area contributed by atoms with Gasteiger partial charge in [-0.3, -0.25) is 9.59 Å². The predicted octanol–water partition coefficient (Wildman–Crippen LogP) is 1.42. The maximum absolute atomic E-state index is 11.2. The average Bonchev–Trinajstić information content (AvgIpc) is 2.29. The summed E-state index contributed by atoms with van der Waals surface area (Å²) in [7, 11) is 0. The standard InChI is InChI=1S/C12H13NO4/c14-11-4-1-8-7-9(2-3-10(8)13-11)17-6-5-12(15)16/h2-3,7H,1,4-6H2,(H,13,14)(H,15,16). The van der Waals surface area contributed by atoms with Crippen LogP contribution in [-0.2, 0) is 16.0 Å². The number of benzene rings is 1. The molecule has 1 aromatic carbocycles. The van der Waals surface area contributed by atoms with Gasteiger partial charge in [0.15, 0.2) is 0 Å². The third-order valence-electron chi connectivity index (χ3n) is 2.56. The minimum absolute atomic E-state index is 0.0200. The van der Waals surface area contributed by atoms with Crippen molar-refractivity contribution < 1.29 is 19.4 Å². The third kappa shape index (κ3) is 2.96. The molecule has 0 saturated carbocycles. The zero-order valence-corrected chi connectivity index (χ0v) is 9.23. The van der Waals surface area contributed by atoms with E-state index in [-0.39, 0.29) is 18.9 Å². The van der Waals surface area contributed by atoms with Crippen molar-refractivity contribution >= 4 is 17.6 Å². The van der Waals surface area contributed by atoms with Crippen LogP contribution in [0.2, 0.25) is 0 Å². The number of amides is 1. The van der Waals surface area contributed by atoms with Crippen molar-refractivity contribution in [3.63, 3.8) is 0 Å². The highest BCUT2D eigenvalue weighted by atomic mass is 16.5. The van der Waals surface area contributed by atoms with Gasteiger partial charge in [-0.2, -0.15) is 0 Å². The number of fused-ring (bicyclic) bond motifs is 1. The summed E-state index contributed by atoms with van der Waals surface area (Å²) in [6.07, 6.45) is 1.15. The minimum atomic E-state index is -0.879. The molecule has 1 aromatic rings. The van der Waals surface area contributed by atoms with E-state index in [0.717, 1.165) is 11.3 Å². The number of rotatable bonds is 4. The second-order valence-electron chi connectivity index (χ2n) is 3.86. The Balaban J connectivity index is 2.01. The summed E-state index contributed by atoms with van der Waals surface area (Å²) in [5.41, 5.74) is 1.84. The van der Waals surface area contributed by atoms with E-state index in [0.29, 0.717) is 18.6 Å². The highest BCUT2D eigenvalue weighted by Crippen LogP contribution is 2.26. The molecule has 0 fully saturated rings. The molecule has 1 aliphatic heterocycles. The van der Waals surface area contributed by atoms with Gasteiger partial charge >= 0.3 is 5.97 Å². The molecular weight excluding hydrogens is 222 g/mol. The Morgan fingerprint density at radius 1 is 1.41 bits per heavy atom. The molecule has 0 radical (unpaired) electrons. The van der Waals surface area contributed by atoms with Crippen LogP contribution in [0.4, 0.5) is 5.69 Å². The lowest BCUT2D eigenvalue weighted by Gasteiger charge is -2.17. The number of carbonyl (C=O) groups excluding carboxylic acids is 1. The molecule has 0 aromatic heterocycles. The van der Waals surface area contributed by atoms with Crippen molar-refractivity contribution in [3.8, 4) is 5.75 Å². The van der Waals surface area contributed by atoms with E-state index >= 15 is 0 Å². The number of hydrogen-bond donors (Lipinski definition) is 2. The van der Waals surface area contributed by atoms with Gasteiger partial charge in [0.05, 0.1) is 13.0 Å². The Bertz CT molecular complexity index is 456. The molecule has 90 valence electrons. The highest BCUT2D eigenvalue weighted by molar-refractivity contribution is 5.93. The Labute approximate surface area is 98.4 Å². The van der Waals surface area contributed by atoms with Gasteiger partial charge in [0, 0.05) is 12.1 Å². The SMILES string of the molecule is O=C(O)CCOc1ccc2c(c1)CCC(=O)N2. The van der Waals surface area contributed by atoms with E-state index < -0.39 is 5.97 Å². The van der Waals surface area contributed by atoms with Crippen molar-refractivity contribution in [1.82, 2.24) is 0 Å². The molecule has 5 nitrogen and oxygen atoms in total. The van der Waals surface area contributed by atoms with Crippen molar-refractivity contribution in [1.29, 1.82) is 0 Å². The van der Waals surface area contributed by atoms with Gasteiger partial charge in [-0.1, -0.05) is 0 Å². The molecule has 0 bridgehead atoms. The molecule has 0 unspecified atom stereocenters. The first-order valence-electron chi connectivity index (χ1n) is 5.42. The Kier molecular flexibility index (Phi) is 3.27. The third-order valence-corrected chi connectivity index (χ3v) is 2.56. The predicted molar refractivity (Wildman–Crippen MR) is 61.1 cm³/mol. The topological polar surface area (TPSA) is 75.6 Å². The van der Waals surface area contributed by atoms with Crippen molar-refractivity contribution in [3.05, 3.63) is 23.8 Å². The van der Waals surface area contributed by atoms with E-state index in [1.54, 1.807) is 12.1 Å². The second-order valence-corrected chi connectivity index (χ2v) is 3.86. The van der Waals surface area contributed by atoms with E-state index in [2.05, 4.69) is 5.32 Å². The number of carboxylic acids is 1. The number of carboxylic acid groups (broad SMARTS) is 1. The highest BCUT2D eigenvalue weighted by Gasteiger charge is 2.14. The Morgan fingerprint density at radius 3 is 3.00 bits per heavy atom. The molecule has 0 saturated heterocycles. The summed E-state index contributed by atoms with van der Waals surface area (Å²) in [5.74, 6) is -0.214. The molecule has 17 heavy (non-hydrogen) atoms. The van der Waals surface area contributed by atoms with Crippen LogP contribution < -0.4 is 10.1 Å². The summed E-state index contributed by atoms with van der Waals surface area (Å²) in [6.45, 7) is 0.153. The van der Waals surface area contributed by atoms with Gasteiger partial charge in [0.25, 0.3) is 0 Å². The first-order chi connectivity index (χ1) is 8.15. The van der Waals surface area contributed by atoms with E-state index in [1.165, 1.54) is 0 Å². The van der Waals surface area contributed by atoms with E-state index in [4.69, 9.17) is 9.84 Å². The molecule has 1 heterocycles. The molecule has 2 N–H and O–H groups in total. The number of aryl methyl sites for hydroxylation is 1. The van der Waals surface area contributed by atoms with Crippen molar-refractivity contribution in [2.45, 2.75) is 19.3 Å². The maximum atomic E-state index is 11.2. The largest absolute Gasteiger partial charge is 0.493 e. The van der Waals surface area contributed by atoms with Crippen LogP contribution in [0.25, 0.3) is 0 Å². The van der Waals surface area contributed by atoms with Crippen molar-refractivity contribution in [2.24, 2.45) is 0 Å². The zero-order chi connectivity index (χ0) is 12.3. The quantitative estimate of drug-likeness (QED) is 0.827. The zero-order valence-electron chi connectivity index (χ0n) is 9.23. The molecule has 0 aliphatic carbocycles. The molecule has 0 spiro atoms. The fourth-order valence-corrected chi connectivity index (χ4v) is 1.71. The first kappa shape index (κ1) is 11.4. The smallest absolute Gasteiger partial charge is 0.306 e. The van der Waals surface area contributed by atoms with Gasteiger partial charge in [0.1, 0.15) is 5.75 Å². The summed E-state index contributed by atoms with van der Waals surface area (Å²) < 4.78 is 5.32. The lowest BCUT2D eigenvalue weighted by molar-refractivity contribution is -0.137. The molecule has 1 amide bonds. The first-order valence-corrected chi connectivity index (χ1v) is 5.42. The molecular formula is C12H13NO4. The molecule has 5 heteroatoms. The monoisotopic (exact) mass is 235 g/mol. The number of carbonyl (C=O) groups is 2. The second kappa shape index (κ2) is 4.86. The van der Waals surface area contributed by atoms with Crippen LogP contribution in [0.1, 0.15) is 18.4 Å². The van der Waals surface area contributed by atoms with E-state index in [9.17, 15) is 9.59 Å². The summed E-state index contributed by atoms with van der Waals surface area (Å²) in [4.78, 5) is 21.5. The normalized spacial score (nSPS) is 13.8. The lowest BCUT2D eigenvalue weighted by atomic mass is 10.0. The van der Waals surface area contributed by atoms with Crippen molar-refractivity contribution in [2.75, 3.05) is 11.9 Å². The lowest BCUT2D eigenvalue weighted by Crippen LogP contribution is -2.18. The summed E-state index contributed by atoms with van der Waals surface area (Å²) >= 11 is 0. The fraction of sp³-hybridized carbons (Fsp3) is 0.333. The van der Waals surface area contributed by atoms with Crippen LogP contribution >= 0.6 is 0 Å². The van der Waals surface area contributed by atoms with Gasteiger partial charge in [-0.15, -0.1) is 0 Å². The van der Waals surface area contributed by atoms with Crippen LogP contribution in [0.5, 0.6) is 5.75 Å². The summed E-state index contributed by atoms with van der Waals surface area (Å²) in [5, 5.41) is 11.3. The summed E-state index contributed by atoms with van der Waals surface area (Å²) in [6, 6.07) is 5.35. The van der Waals surface area contributed by atoms with Crippen LogP contribution in [-0.4, -0.2) is 23.6 Å². The number of nitrogens with one attached hydrogen (secondary N) is 1.